The maximum Gasteiger partial charge on any atom is 0.338 e. The Hall–Kier alpha value is -3.47. The quantitative estimate of drug-likeness (QED) is 0.333. The molecule has 0 aliphatic heterocycles. The maximum atomic E-state index is 13.2. The van der Waals surface area contributed by atoms with Crippen molar-refractivity contribution < 1.29 is 32.4 Å². The van der Waals surface area contributed by atoms with E-state index in [9.17, 15) is 28.1 Å². The van der Waals surface area contributed by atoms with Gasteiger partial charge in [-0.25, -0.2) is 13.2 Å². The molecule has 0 N–H and O–H groups in total. The van der Waals surface area contributed by atoms with E-state index in [1.54, 1.807) is 13.8 Å². The largest absolute Gasteiger partial charge is 0.465 e. The van der Waals surface area contributed by atoms with Crippen LogP contribution in [0.5, 0.6) is 0 Å². The van der Waals surface area contributed by atoms with Crippen LogP contribution in [0.25, 0.3) is 0 Å². The van der Waals surface area contributed by atoms with Gasteiger partial charge in [-0.1, -0.05) is 12.1 Å². The summed E-state index contributed by atoms with van der Waals surface area (Å²) in [6.07, 6.45) is 0. The summed E-state index contributed by atoms with van der Waals surface area (Å²) in [7, 11) is -4.51. The van der Waals surface area contributed by atoms with Gasteiger partial charge in [0.15, 0.2) is 4.90 Å². The van der Waals surface area contributed by atoms with Crippen LogP contribution < -0.4 is 4.31 Å². The number of benzene rings is 2. The van der Waals surface area contributed by atoms with Gasteiger partial charge in [0.2, 0.25) is 0 Å². The zero-order valence-electron chi connectivity index (χ0n) is 16.3. The van der Waals surface area contributed by atoms with E-state index in [2.05, 4.69) is 0 Å². The van der Waals surface area contributed by atoms with Crippen LogP contribution in [0.1, 0.15) is 24.2 Å². The first kappa shape index (κ1) is 22.8. The summed E-state index contributed by atoms with van der Waals surface area (Å²) >= 11 is 0. The second-order valence-corrected chi connectivity index (χ2v) is 7.64. The predicted octanol–water partition coefficient (Wildman–Crippen LogP) is 2.53. The van der Waals surface area contributed by atoms with Crippen molar-refractivity contribution in [2.45, 2.75) is 18.7 Å². The average molecular weight is 436 g/mol. The van der Waals surface area contributed by atoms with Crippen molar-refractivity contribution in [1.82, 2.24) is 0 Å². The van der Waals surface area contributed by atoms with Crippen molar-refractivity contribution in [3.63, 3.8) is 0 Å². The van der Waals surface area contributed by atoms with Gasteiger partial charge < -0.3 is 9.47 Å². The Kier molecular flexibility index (Phi) is 7.48. The van der Waals surface area contributed by atoms with Crippen molar-refractivity contribution in [3.05, 3.63) is 64.2 Å². The molecule has 160 valence electrons. The first-order chi connectivity index (χ1) is 14.2. The van der Waals surface area contributed by atoms with Crippen LogP contribution in [0.4, 0.5) is 11.4 Å². The van der Waals surface area contributed by atoms with Crippen LogP contribution in [0, 0.1) is 10.1 Å². The number of rotatable bonds is 9. The molecule has 0 heterocycles. The molecule has 0 radical (unpaired) electrons. The Morgan fingerprint density at radius 1 is 1.00 bits per heavy atom. The van der Waals surface area contributed by atoms with Crippen molar-refractivity contribution in [2.75, 3.05) is 24.1 Å². The molecule has 2 aromatic carbocycles. The summed E-state index contributed by atoms with van der Waals surface area (Å²) in [5, 5.41) is 11.3. The molecule has 0 saturated carbocycles. The number of carbonyl (C=O) groups is 2. The fourth-order valence-electron chi connectivity index (χ4n) is 2.56. The number of nitrogens with zero attached hydrogens (tertiary/aromatic N) is 2. The number of hydrogen-bond acceptors (Lipinski definition) is 8. The predicted molar refractivity (Wildman–Crippen MR) is 107 cm³/mol. The van der Waals surface area contributed by atoms with Crippen LogP contribution in [-0.2, 0) is 24.3 Å². The monoisotopic (exact) mass is 436 g/mol. The van der Waals surface area contributed by atoms with Gasteiger partial charge in [-0.05, 0) is 44.2 Å². The number of nitro benzene ring substituents is 1. The highest BCUT2D eigenvalue weighted by Crippen LogP contribution is 2.30. The number of hydrogen-bond donors (Lipinski definition) is 0. The summed E-state index contributed by atoms with van der Waals surface area (Å²) in [5.41, 5.74) is -0.427. The average Bonchev–Trinajstić information content (AvgIpc) is 2.72. The second-order valence-electron chi connectivity index (χ2n) is 5.81. The van der Waals surface area contributed by atoms with Gasteiger partial charge in [0.1, 0.15) is 6.54 Å². The summed E-state index contributed by atoms with van der Waals surface area (Å²) < 4.78 is 36.9. The van der Waals surface area contributed by atoms with Gasteiger partial charge in [0, 0.05) is 6.07 Å². The topological polar surface area (TPSA) is 133 Å². The first-order valence-corrected chi connectivity index (χ1v) is 10.3. The Bertz CT molecular complexity index is 1030. The summed E-state index contributed by atoms with van der Waals surface area (Å²) in [5.74, 6) is -1.43. The van der Waals surface area contributed by atoms with Crippen LogP contribution in [0.2, 0.25) is 0 Å². The molecular weight excluding hydrogens is 416 g/mol. The first-order valence-electron chi connectivity index (χ1n) is 8.91. The lowest BCUT2D eigenvalue weighted by molar-refractivity contribution is -0.387. The van der Waals surface area contributed by atoms with Gasteiger partial charge in [-0.15, -0.1) is 0 Å². The molecule has 10 nitrogen and oxygen atoms in total. The molecule has 0 unspecified atom stereocenters. The van der Waals surface area contributed by atoms with Gasteiger partial charge in [0.25, 0.3) is 15.7 Å². The van der Waals surface area contributed by atoms with E-state index in [-0.39, 0.29) is 24.5 Å². The minimum absolute atomic E-state index is 0.0225. The van der Waals surface area contributed by atoms with Gasteiger partial charge >= 0.3 is 11.9 Å². The smallest absolute Gasteiger partial charge is 0.338 e. The Balaban J connectivity index is 2.54. The Morgan fingerprint density at radius 3 is 2.17 bits per heavy atom. The SMILES string of the molecule is CCOC(=O)CN(c1ccc(C(=O)OCC)cc1)S(=O)(=O)c1ccccc1[N+](=O)[O-]. The third kappa shape index (κ3) is 5.11. The van der Waals surface area contributed by atoms with Gasteiger partial charge in [-0.3, -0.25) is 19.2 Å². The summed E-state index contributed by atoms with van der Waals surface area (Å²) in [6.45, 7) is 2.70. The van der Waals surface area contributed by atoms with Crippen LogP contribution >= 0.6 is 0 Å². The van der Waals surface area contributed by atoms with Crippen LogP contribution in [-0.4, -0.2) is 45.0 Å². The molecule has 0 fully saturated rings. The minimum Gasteiger partial charge on any atom is -0.465 e. The third-order valence-electron chi connectivity index (χ3n) is 3.87. The third-order valence-corrected chi connectivity index (χ3v) is 5.70. The van der Waals surface area contributed by atoms with E-state index < -0.39 is 44.0 Å². The minimum atomic E-state index is -4.51. The number of esters is 2. The van der Waals surface area contributed by atoms with Gasteiger partial charge in [-0.2, -0.15) is 0 Å². The van der Waals surface area contributed by atoms with Gasteiger partial charge in [0.05, 0.1) is 29.4 Å². The highest BCUT2D eigenvalue weighted by Gasteiger charge is 2.33. The number of nitro groups is 1. The molecule has 0 saturated heterocycles. The molecule has 0 atom stereocenters. The van der Waals surface area contributed by atoms with Crippen molar-refractivity contribution in [2.24, 2.45) is 0 Å². The standard InChI is InChI=1S/C19H20N2O8S/c1-3-28-18(22)13-20(15-11-9-14(10-12-15)19(23)29-4-2)30(26,27)17-8-6-5-7-16(17)21(24)25/h5-12H,3-4,13H2,1-2H3. The maximum absolute atomic E-state index is 13.2. The number of carbonyl (C=O) groups excluding carboxylic acids is 2. The number of sulfonamides is 1. The zero-order valence-corrected chi connectivity index (χ0v) is 17.1. The van der Waals surface area contributed by atoms with Crippen LogP contribution in [0.15, 0.2) is 53.4 Å². The number of para-hydroxylation sites is 1. The molecule has 0 spiro atoms. The normalized spacial score (nSPS) is 10.9. The zero-order chi connectivity index (χ0) is 22.3. The van der Waals surface area contributed by atoms with Crippen LogP contribution in [0.3, 0.4) is 0 Å². The lowest BCUT2D eigenvalue weighted by atomic mass is 10.2. The van der Waals surface area contributed by atoms with E-state index in [0.717, 1.165) is 12.1 Å². The lowest BCUT2D eigenvalue weighted by Crippen LogP contribution is -2.37. The van der Waals surface area contributed by atoms with E-state index >= 15 is 0 Å². The molecule has 0 bridgehead atoms. The Labute approximate surface area is 173 Å². The number of ether oxygens (including phenoxy) is 2. The molecule has 0 aliphatic rings. The molecule has 0 amide bonds. The number of anilines is 1. The molecule has 2 aromatic rings. The van der Waals surface area contributed by atoms with Crippen molar-refractivity contribution in [1.29, 1.82) is 0 Å². The van der Waals surface area contributed by atoms with E-state index in [1.807, 2.05) is 0 Å². The van der Waals surface area contributed by atoms with E-state index in [4.69, 9.17) is 9.47 Å². The van der Waals surface area contributed by atoms with Crippen molar-refractivity contribution in [3.8, 4) is 0 Å². The Morgan fingerprint density at radius 2 is 1.60 bits per heavy atom. The molecule has 2 rings (SSSR count). The lowest BCUT2D eigenvalue weighted by Gasteiger charge is -2.23. The molecular formula is C19H20N2O8S. The highest BCUT2D eigenvalue weighted by atomic mass is 32.2. The summed E-state index contributed by atoms with van der Waals surface area (Å²) in [4.78, 5) is 33.8. The fraction of sp³-hybridized carbons (Fsp3) is 0.263. The summed E-state index contributed by atoms with van der Waals surface area (Å²) in [6, 6.07) is 10.1. The van der Waals surface area contributed by atoms with Crippen molar-refractivity contribution >= 4 is 33.3 Å². The molecule has 11 heteroatoms. The van der Waals surface area contributed by atoms with E-state index in [0.29, 0.717) is 4.31 Å². The highest BCUT2D eigenvalue weighted by molar-refractivity contribution is 7.93. The molecule has 0 aromatic heterocycles. The van der Waals surface area contributed by atoms with E-state index in [1.165, 1.54) is 36.4 Å². The molecule has 30 heavy (non-hydrogen) atoms. The second kappa shape index (κ2) is 9.83. The molecule has 0 aliphatic carbocycles. The fourth-order valence-corrected chi connectivity index (χ4v) is 4.13.